The Morgan fingerprint density at radius 1 is 0.385 bits per heavy atom. The zero-order valence-electron chi connectivity index (χ0n) is 72.9. The molecule has 7 atom stereocenters. The van der Waals surface area contributed by atoms with Crippen molar-refractivity contribution in [2.75, 3.05) is 46.2 Å². The van der Waals surface area contributed by atoms with Gasteiger partial charge in [-0.25, -0.2) is 8.78 Å². The van der Waals surface area contributed by atoms with Crippen LogP contribution in [0.3, 0.4) is 0 Å². The first kappa shape index (κ1) is 98.3. The van der Waals surface area contributed by atoms with Gasteiger partial charge in [0.15, 0.2) is 0 Å². The maximum absolute atomic E-state index is 13.1. The average molecular weight is 1690 g/mol. The van der Waals surface area contributed by atoms with Gasteiger partial charge in [0.05, 0.1) is 70.2 Å². The van der Waals surface area contributed by atoms with Gasteiger partial charge in [-0.2, -0.15) is 0 Å². The van der Waals surface area contributed by atoms with Crippen LogP contribution >= 0.6 is 15.9 Å². The van der Waals surface area contributed by atoms with Gasteiger partial charge in [0.2, 0.25) is 5.92 Å². The van der Waals surface area contributed by atoms with Gasteiger partial charge in [0.25, 0.3) is 0 Å². The molecule has 0 aromatic heterocycles. The fraction of sp³-hybridized carbons (Fsp3) is 0.647. The van der Waals surface area contributed by atoms with Gasteiger partial charge in [-0.15, -0.1) is 0 Å². The lowest BCUT2D eigenvalue weighted by Crippen LogP contribution is -2.29. The number of halogens is 3. The molecule has 1 saturated heterocycles. The standard InChI is InChI=1S/C18H28O2.C17H25BrO2.C17H24F2O2.2C17H26O2.C16H24O2/c1-2-3-7-16-10-17(13-19)12-18(11-16)20-14-15-8-5-4-6-9-15;1-2-6-17(19)15-11-14(9-10-16(15)18)20-12-13-7-4-3-5-8-13;1-2-4-16(20)14-5-3-6-15(11-14)21-12-13-7-9-17(18,19)10-8-13;2*1-2-3-7-14-8-6-10-16(12-14)19-13-15-9-4-5-11-17(15)18;1-2-3-7-14-8-6-10-15(12-14)18-13-16-9-4-5-11-17-16/h10-12,15,19H,2-9,13-14H2,1H3;9-11,13,17,19H,2-8,12H2,1H3;3,5-6,11,13,16,20H,2,4,7-10,12H2,1H3;2*6,8,10,12,15,17-18H,2-5,7,9,11,13H2,1H3;6,8,10,12,16H,2-5,7,9,11,13H2,1H3/t;;;15-,17+;15-,17-;/m...01./s1. The van der Waals surface area contributed by atoms with E-state index in [0.717, 1.165) is 172 Å². The first-order valence-electron chi connectivity index (χ1n) is 46.4. The Labute approximate surface area is 714 Å². The largest absolute Gasteiger partial charge is 0.493 e. The second-order valence-corrected chi connectivity index (χ2v) is 35.1. The van der Waals surface area contributed by atoms with Crippen molar-refractivity contribution < 1.29 is 67.5 Å². The van der Waals surface area contributed by atoms with Crippen LogP contribution in [0.5, 0.6) is 34.5 Å². The number of aliphatic hydroxyl groups is 5. The highest BCUT2D eigenvalue weighted by molar-refractivity contribution is 9.10. The average Bonchev–Trinajstić information content (AvgIpc) is 0.853. The van der Waals surface area contributed by atoms with Gasteiger partial charge >= 0.3 is 0 Å². The van der Waals surface area contributed by atoms with E-state index in [9.17, 15) is 34.3 Å². The summed E-state index contributed by atoms with van der Waals surface area (Å²) in [6.07, 6.45) is 43.5. The molecule has 6 aliphatic rings. The summed E-state index contributed by atoms with van der Waals surface area (Å²) >= 11 is 3.51. The van der Waals surface area contributed by atoms with Crippen molar-refractivity contribution in [2.24, 2.45) is 29.6 Å². The number of alkyl halides is 2. The van der Waals surface area contributed by atoms with Gasteiger partial charge in [-0.05, 0) is 283 Å². The van der Waals surface area contributed by atoms with Crippen LogP contribution in [0.25, 0.3) is 0 Å². The number of ether oxygens (including phenoxy) is 7. The Bertz CT molecular complexity index is 3450. The zero-order chi connectivity index (χ0) is 83.5. The monoisotopic (exact) mass is 1690 g/mol. The lowest BCUT2D eigenvalue weighted by molar-refractivity contribution is -0.0498. The van der Waals surface area contributed by atoms with E-state index in [-0.39, 0.29) is 43.7 Å². The third-order valence-corrected chi connectivity index (χ3v) is 24.7. The maximum Gasteiger partial charge on any atom is 0.248 e. The fourth-order valence-corrected chi connectivity index (χ4v) is 16.9. The highest BCUT2D eigenvalue weighted by Gasteiger charge is 2.35. The molecule has 3 unspecified atom stereocenters. The van der Waals surface area contributed by atoms with Crippen LogP contribution in [0.2, 0.25) is 0 Å². The minimum Gasteiger partial charge on any atom is -0.493 e. The summed E-state index contributed by atoms with van der Waals surface area (Å²) in [5.74, 6) is 5.18. The van der Waals surface area contributed by atoms with Crippen molar-refractivity contribution in [3.8, 4) is 34.5 Å². The van der Waals surface area contributed by atoms with Crippen molar-refractivity contribution in [1.29, 1.82) is 0 Å². The third-order valence-electron chi connectivity index (χ3n) is 24.0. The molecule has 0 bridgehead atoms. The van der Waals surface area contributed by atoms with E-state index < -0.39 is 18.1 Å². The minimum absolute atomic E-state index is 0.0315. The van der Waals surface area contributed by atoms with Crippen LogP contribution in [0.4, 0.5) is 8.78 Å². The Balaban J connectivity index is 0.000000194. The molecule has 1 aliphatic heterocycles. The van der Waals surface area contributed by atoms with Gasteiger partial charge in [0.1, 0.15) is 41.1 Å². The molecule has 0 radical (unpaired) electrons. The summed E-state index contributed by atoms with van der Waals surface area (Å²) < 4.78 is 68.1. The number of aliphatic hydroxyl groups excluding tert-OH is 5. The highest BCUT2D eigenvalue weighted by Crippen LogP contribution is 2.38. The summed E-state index contributed by atoms with van der Waals surface area (Å²) in [6, 6.07) is 44.9. The molecule has 6 fully saturated rings. The predicted molar refractivity (Wildman–Crippen MR) is 479 cm³/mol. The normalized spacial score (nSPS) is 20.1. The second kappa shape index (κ2) is 58.3. The molecule has 12 nitrogen and oxygen atoms in total. The van der Waals surface area contributed by atoms with E-state index in [2.05, 4.69) is 117 Å². The number of hydrogen-bond acceptors (Lipinski definition) is 12. The van der Waals surface area contributed by atoms with Crippen molar-refractivity contribution in [3.63, 3.8) is 0 Å². The molecule has 117 heavy (non-hydrogen) atoms. The van der Waals surface area contributed by atoms with E-state index in [4.69, 9.17) is 33.2 Å². The number of aryl methyl sites for hydroxylation is 4. The smallest absolute Gasteiger partial charge is 0.248 e. The molecular weight excluding hydrogens is 1540 g/mol. The zero-order valence-corrected chi connectivity index (χ0v) is 74.4. The Kier molecular flexibility index (Phi) is 49.0. The Morgan fingerprint density at radius 2 is 0.778 bits per heavy atom. The van der Waals surface area contributed by atoms with Crippen LogP contribution in [-0.4, -0.2) is 96.0 Å². The fourth-order valence-electron chi connectivity index (χ4n) is 16.4. The second-order valence-electron chi connectivity index (χ2n) is 34.3. The molecule has 5 N–H and O–H groups in total. The summed E-state index contributed by atoms with van der Waals surface area (Å²) in [4.78, 5) is 0. The summed E-state index contributed by atoms with van der Waals surface area (Å²) in [5, 5.41) is 49.4. The predicted octanol–water partition coefficient (Wildman–Crippen LogP) is 26.3. The molecule has 12 rings (SSSR count). The van der Waals surface area contributed by atoms with E-state index in [1.807, 2.05) is 73.7 Å². The molecule has 15 heteroatoms. The van der Waals surface area contributed by atoms with Crippen molar-refractivity contribution >= 4 is 15.9 Å². The topological polar surface area (TPSA) is 166 Å². The van der Waals surface area contributed by atoms with Gasteiger partial charge in [0, 0.05) is 35.8 Å². The van der Waals surface area contributed by atoms with Gasteiger partial charge < -0.3 is 58.7 Å². The van der Waals surface area contributed by atoms with Crippen LogP contribution in [0, 0.1) is 29.6 Å². The van der Waals surface area contributed by atoms with E-state index in [1.165, 1.54) is 164 Å². The first-order valence-corrected chi connectivity index (χ1v) is 47.2. The van der Waals surface area contributed by atoms with Crippen molar-refractivity contribution in [1.82, 2.24) is 0 Å². The van der Waals surface area contributed by atoms with E-state index >= 15 is 0 Å². The van der Waals surface area contributed by atoms with Crippen LogP contribution in [-0.2, 0) is 37.0 Å². The molecule has 6 aromatic carbocycles. The van der Waals surface area contributed by atoms with Crippen molar-refractivity contribution in [3.05, 3.63) is 177 Å². The van der Waals surface area contributed by atoms with Crippen LogP contribution in [0.1, 0.15) is 330 Å². The van der Waals surface area contributed by atoms with Gasteiger partial charge in [-0.1, -0.05) is 215 Å². The minimum atomic E-state index is -2.49. The number of hydrogen-bond donors (Lipinski definition) is 5. The quantitative estimate of drug-likeness (QED) is 0.0251. The third kappa shape index (κ3) is 40.2. The molecule has 1 heterocycles. The van der Waals surface area contributed by atoms with E-state index in [1.54, 1.807) is 0 Å². The highest BCUT2D eigenvalue weighted by atomic mass is 79.9. The van der Waals surface area contributed by atoms with Crippen LogP contribution in [0.15, 0.2) is 138 Å². The summed E-state index contributed by atoms with van der Waals surface area (Å²) in [5.41, 5.74) is 8.12. The van der Waals surface area contributed by atoms with Crippen LogP contribution < -0.4 is 28.4 Å². The summed E-state index contributed by atoms with van der Waals surface area (Å²) in [7, 11) is 0. The SMILES string of the molecule is CCCC(O)c1cc(OCC2CCCCC2)ccc1Br.CCCC(O)c1cccc(OCC2CCC(F)(F)CC2)c1.CCCCc1cc(CO)cc(OCC2CCCCC2)c1.CCCCc1cccc(OCC2CCCCO2)c1.CCCCc1cccc(OC[C@@H]2CCCC[C@H]2O)c1.CCCCc1cccc(OC[C@H]2CCCC[C@H]2O)c1. The maximum atomic E-state index is 13.1. The van der Waals surface area contributed by atoms with Gasteiger partial charge in [-0.3, -0.25) is 0 Å². The molecule has 0 spiro atoms. The Hall–Kier alpha value is -5.78. The first-order chi connectivity index (χ1) is 57.0. The van der Waals surface area contributed by atoms with E-state index in [0.29, 0.717) is 62.8 Å². The lowest BCUT2D eigenvalue weighted by Gasteiger charge is -2.28. The Morgan fingerprint density at radius 3 is 1.24 bits per heavy atom. The molecule has 6 aromatic rings. The number of unbranched alkanes of at least 4 members (excludes halogenated alkanes) is 4. The molecule has 0 amide bonds. The number of benzene rings is 6. The molecule has 5 saturated carbocycles. The molecular formula is C102H153BrF2O12. The molecule has 654 valence electrons. The molecule has 5 aliphatic carbocycles. The van der Waals surface area contributed by atoms with Crippen molar-refractivity contribution in [2.45, 2.75) is 348 Å². The summed E-state index contributed by atoms with van der Waals surface area (Å²) in [6.45, 7) is 18.1. The number of rotatable bonds is 37. The lowest BCUT2D eigenvalue weighted by atomic mass is 9.87.